The van der Waals surface area contributed by atoms with Gasteiger partial charge in [-0.3, -0.25) is 19.2 Å². The number of methoxy groups -OCH3 is 3. The molecule has 4 aliphatic rings. The number of fused-ring (bicyclic) bond motifs is 3. The first-order valence-corrected chi connectivity index (χ1v) is 21.7. The normalized spacial score (nSPS) is 39.9. The van der Waals surface area contributed by atoms with Gasteiger partial charge in [-0.2, -0.15) is 0 Å². The van der Waals surface area contributed by atoms with Crippen LogP contribution in [0.2, 0.25) is 0 Å². The minimum atomic E-state index is -2.51. The highest BCUT2D eigenvalue weighted by atomic mass is 16.7. The number of ketones is 2. The number of piperidine rings is 1. The van der Waals surface area contributed by atoms with Gasteiger partial charge in [0.05, 0.1) is 24.4 Å². The number of carbonyl (C=O) groups excluding carboxylic acids is 5. The van der Waals surface area contributed by atoms with Crippen LogP contribution in [0.1, 0.15) is 119 Å². The Bertz CT molecular complexity index is 1540. The summed E-state index contributed by atoms with van der Waals surface area (Å²) >= 11 is 0. The fourth-order valence-corrected chi connectivity index (χ4v) is 9.72. The van der Waals surface area contributed by atoms with Crippen LogP contribution in [0.3, 0.4) is 0 Å². The van der Waals surface area contributed by atoms with Crippen molar-refractivity contribution in [3.63, 3.8) is 0 Å². The van der Waals surface area contributed by atoms with Crippen LogP contribution in [-0.4, -0.2) is 127 Å². The van der Waals surface area contributed by atoms with E-state index in [1.54, 1.807) is 21.0 Å². The third-order valence-corrected chi connectivity index (χ3v) is 13.2. The predicted octanol–water partition coefficient (Wildman–Crippen LogP) is 5.04. The number of cyclic esters (lactones) is 1. The number of aliphatic hydroxyl groups excluding tert-OH is 1. The summed E-state index contributed by atoms with van der Waals surface area (Å²) in [5.74, 6) is -8.04. The van der Waals surface area contributed by atoms with Crippen LogP contribution >= 0.6 is 0 Å². The summed E-state index contributed by atoms with van der Waals surface area (Å²) in [4.78, 5) is 69.6. The molecule has 2 bridgehead atoms. The number of hydrogen-bond donors (Lipinski definition) is 2. The number of amides is 1. The van der Waals surface area contributed by atoms with E-state index < -0.39 is 77.8 Å². The van der Waals surface area contributed by atoms with Crippen molar-refractivity contribution in [2.24, 2.45) is 29.6 Å². The van der Waals surface area contributed by atoms with Crippen LogP contribution in [-0.2, 0) is 52.4 Å². The smallest absolute Gasteiger partial charge is 0.329 e. The van der Waals surface area contributed by atoms with Crippen LogP contribution < -0.4 is 0 Å². The third-order valence-electron chi connectivity index (χ3n) is 13.2. The summed E-state index contributed by atoms with van der Waals surface area (Å²) in [6, 6.07) is -1.15. The highest BCUT2D eigenvalue weighted by molar-refractivity contribution is 6.39. The van der Waals surface area contributed by atoms with Crippen molar-refractivity contribution in [3.8, 4) is 0 Å². The van der Waals surface area contributed by atoms with E-state index in [1.165, 1.54) is 26.0 Å². The van der Waals surface area contributed by atoms with Gasteiger partial charge >= 0.3 is 11.9 Å². The summed E-state index contributed by atoms with van der Waals surface area (Å²) in [6.45, 7) is 12.6. The number of esters is 2. The Labute approximate surface area is 350 Å². The Hall–Kier alpha value is -3.01. The standard InChI is InChI=1S/C45H71NO13/c1-11-32-19-25(2)18-26(3)20-38(55-9)41-39(56-10)22-28(5)45(53,59-41)42(50)43(51)46-17-13-12-14-33(46)44(52)58-40(29(6)34(48)24-35(32)49)27(4)21-31-15-16-36(57-30(7)47)37(23-31)54-8/h19,21,26,28-29,31-34,36-41,48,53H,11-18,20,22-24H2,1-10H3/b25-19+,27-21+/t26-,28+,29+,31-,32+,33-,34-,36+,37+,38?,39-,40+,41+,45+/m0/s1. The molecule has 334 valence electrons. The molecule has 2 N–H and O–H groups in total. The second-order valence-corrected chi connectivity index (χ2v) is 17.7. The maximum atomic E-state index is 14.4. The zero-order valence-electron chi connectivity index (χ0n) is 37.0. The second-order valence-electron chi connectivity index (χ2n) is 17.7. The van der Waals surface area contributed by atoms with Gasteiger partial charge in [0.15, 0.2) is 0 Å². The van der Waals surface area contributed by atoms with Crippen LogP contribution in [0, 0.1) is 29.6 Å². The van der Waals surface area contributed by atoms with Gasteiger partial charge in [-0.05, 0) is 95.5 Å². The summed E-state index contributed by atoms with van der Waals surface area (Å²) in [5, 5.41) is 23.8. The fraction of sp³-hybridized carbons (Fsp3) is 0.800. The largest absolute Gasteiger partial charge is 0.460 e. The molecule has 0 radical (unpaired) electrons. The molecule has 1 aliphatic carbocycles. The molecule has 0 spiro atoms. The topological polar surface area (TPSA) is 184 Å². The Morgan fingerprint density at radius 1 is 0.915 bits per heavy atom. The molecular formula is C45H71NO13. The molecule has 2 saturated heterocycles. The van der Waals surface area contributed by atoms with E-state index in [1.807, 2.05) is 39.8 Å². The number of rotatable bonds is 7. The number of aliphatic hydroxyl groups is 2. The molecule has 0 aromatic heterocycles. The van der Waals surface area contributed by atoms with E-state index in [0.717, 1.165) is 5.57 Å². The number of carbonyl (C=O) groups is 5. The summed E-state index contributed by atoms with van der Waals surface area (Å²) < 4.78 is 35.5. The van der Waals surface area contributed by atoms with Crippen molar-refractivity contribution >= 4 is 29.4 Å². The molecule has 1 unspecified atom stereocenters. The van der Waals surface area contributed by atoms with Gasteiger partial charge in [-0.1, -0.05) is 45.4 Å². The average Bonchev–Trinajstić information content (AvgIpc) is 3.20. The van der Waals surface area contributed by atoms with E-state index in [-0.39, 0.29) is 61.6 Å². The lowest BCUT2D eigenvalue weighted by molar-refractivity contribution is -0.302. The molecule has 14 nitrogen and oxygen atoms in total. The molecule has 1 saturated carbocycles. The zero-order valence-corrected chi connectivity index (χ0v) is 37.0. The number of Topliss-reactive ketones (excluding diaryl/α,β-unsaturated/α-hetero) is 2. The monoisotopic (exact) mass is 833 g/mol. The first-order chi connectivity index (χ1) is 27.9. The lowest BCUT2D eigenvalue weighted by Gasteiger charge is -2.47. The van der Waals surface area contributed by atoms with Crippen molar-refractivity contribution in [3.05, 3.63) is 23.3 Å². The van der Waals surface area contributed by atoms with Crippen LogP contribution in [0.15, 0.2) is 23.3 Å². The molecule has 3 aliphatic heterocycles. The maximum absolute atomic E-state index is 14.4. The minimum absolute atomic E-state index is 0.0260. The number of ether oxygens (including phenoxy) is 6. The van der Waals surface area contributed by atoms with E-state index in [0.29, 0.717) is 56.9 Å². The summed E-state index contributed by atoms with van der Waals surface area (Å²) in [5.41, 5.74) is 1.63. The molecule has 14 heteroatoms. The minimum Gasteiger partial charge on any atom is -0.460 e. The Morgan fingerprint density at radius 2 is 1.58 bits per heavy atom. The number of hydrogen-bond acceptors (Lipinski definition) is 13. The van der Waals surface area contributed by atoms with Gasteiger partial charge in [0.25, 0.3) is 11.7 Å². The molecule has 3 fully saturated rings. The van der Waals surface area contributed by atoms with E-state index in [4.69, 9.17) is 28.4 Å². The van der Waals surface area contributed by atoms with Crippen molar-refractivity contribution in [1.82, 2.24) is 4.90 Å². The number of nitrogens with zero attached hydrogens (tertiary/aromatic N) is 1. The Balaban J connectivity index is 1.75. The summed E-state index contributed by atoms with van der Waals surface area (Å²) in [6.07, 6.45) is 3.73. The van der Waals surface area contributed by atoms with Gasteiger partial charge in [0.1, 0.15) is 30.1 Å². The second kappa shape index (κ2) is 21.7. The first kappa shape index (κ1) is 48.7. The maximum Gasteiger partial charge on any atom is 0.329 e. The Kier molecular flexibility index (Phi) is 17.9. The van der Waals surface area contributed by atoms with Crippen molar-refractivity contribution in [1.29, 1.82) is 0 Å². The highest BCUT2D eigenvalue weighted by Gasteiger charge is 2.56. The van der Waals surface area contributed by atoms with Gasteiger partial charge in [0, 0.05) is 59.0 Å². The summed E-state index contributed by atoms with van der Waals surface area (Å²) in [7, 11) is 4.63. The van der Waals surface area contributed by atoms with Crippen molar-refractivity contribution in [2.75, 3.05) is 27.9 Å². The first-order valence-electron chi connectivity index (χ1n) is 21.7. The molecular weight excluding hydrogens is 762 g/mol. The van der Waals surface area contributed by atoms with Gasteiger partial charge in [-0.15, -0.1) is 0 Å². The lowest BCUT2D eigenvalue weighted by Crippen LogP contribution is -2.64. The van der Waals surface area contributed by atoms with Crippen molar-refractivity contribution < 1.29 is 62.6 Å². The van der Waals surface area contributed by atoms with E-state index in [9.17, 15) is 34.2 Å². The van der Waals surface area contributed by atoms with Crippen LogP contribution in [0.4, 0.5) is 0 Å². The van der Waals surface area contributed by atoms with Crippen molar-refractivity contribution in [2.45, 2.75) is 174 Å². The predicted molar refractivity (Wildman–Crippen MR) is 218 cm³/mol. The molecule has 3 heterocycles. The highest BCUT2D eigenvalue weighted by Crippen LogP contribution is 2.39. The quantitative estimate of drug-likeness (QED) is 0.198. The molecule has 0 aromatic rings. The lowest BCUT2D eigenvalue weighted by atomic mass is 9.81. The van der Waals surface area contributed by atoms with Gasteiger partial charge in [0.2, 0.25) is 5.79 Å². The Morgan fingerprint density at radius 3 is 2.20 bits per heavy atom. The molecule has 59 heavy (non-hydrogen) atoms. The number of allylic oxidation sites excluding steroid dienone is 3. The van der Waals surface area contributed by atoms with Crippen LogP contribution in [0.25, 0.3) is 0 Å². The van der Waals surface area contributed by atoms with E-state index >= 15 is 0 Å². The zero-order chi connectivity index (χ0) is 43.8. The molecule has 4 rings (SSSR count). The third kappa shape index (κ3) is 11.9. The van der Waals surface area contributed by atoms with Gasteiger partial charge < -0.3 is 43.5 Å². The average molecular weight is 834 g/mol. The molecule has 1 amide bonds. The van der Waals surface area contributed by atoms with E-state index in [2.05, 4.69) is 0 Å². The van der Waals surface area contributed by atoms with Crippen LogP contribution in [0.5, 0.6) is 0 Å². The SMILES string of the molecule is CC[C@@H]1/C=C(\C)C[C@H](C)CC(OC)[C@H]2O[C@@](O)(C(=O)C(=O)N3CCCC[C@H]3C(=O)O[C@H](/C(C)=C/[C@@H]3CC[C@@H](OC(C)=O)[C@H](OC)C3)[C@H](C)[C@@H](O)CC1=O)[C@H](C)C[C@@H]2OC. The molecule has 14 atom stereocenters. The molecule has 0 aromatic carbocycles. The van der Waals surface area contributed by atoms with Gasteiger partial charge in [-0.25, -0.2) is 4.79 Å². The fourth-order valence-electron chi connectivity index (χ4n) is 9.72.